The molecular formula is C35H36N4O. The topological polar surface area (TPSA) is 65.4 Å². The van der Waals surface area contributed by atoms with Gasteiger partial charge in [0.2, 0.25) is 5.91 Å². The first-order valence-corrected chi connectivity index (χ1v) is 14.1. The molecule has 0 radical (unpaired) electrons. The number of H-pyrrole nitrogens is 1. The molecule has 4 aromatic carbocycles. The number of para-hydroxylation sites is 2. The van der Waals surface area contributed by atoms with E-state index in [9.17, 15) is 4.79 Å². The summed E-state index contributed by atoms with van der Waals surface area (Å²) >= 11 is 0. The number of anilines is 1. The van der Waals surface area contributed by atoms with Crippen LogP contribution in [0.25, 0.3) is 10.9 Å². The normalized spacial score (nSPS) is 15.8. The Hall–Kier alpha value is -4.19. The highest BCUT2D eigenvalue weighted by Gasteiger charge is 2.32. The summed E-state index contributed by atoms with van der Waals surface area (Å²) in [5, 5.41) is 1.13. The number of aromatic nitrogens is 1. The van der Waals surface area contributed by atoms with E-state index in [0.717, 1.165) is 48.2 Å². The number of carbonyl (C=O) groups excluding carboxylic acids is 1. The fourth-order valence-electron chi connectivity index (χ4n) is 6.07. The molecule has 2 atom stereocenters. The Morgan fingerprint density at radius 1 is 0.850 bits per heavy atom. The number of nitrogens with one attached hydrogen (secondary N) is 1. The lowest BCUT2D eigenvalue weighted by atomic mass is 9.90. The lowest BCUT2D eigenvalue weighted by molar-refractivity contribution is -0.120. The van der Waals surface area contributed by atoms with Crippen LogP contribution in [0.1, 0.15) is 22.3 Å². The van der Waals surface area contributed by atoms with Gasteiger partial charge in [-0.3, -0.25) is 9.69 Å². The quantitative estimate of drug-likeness (QED) is 0.249. The summed E-state index contributed by atoms with van der Waals surface area (Å²) in [7, 11) is 0. The van der Waals surface area contributed by atoms with E-state index < -0.39 is 6.04 Å². The largest absolute Gasteiger partial charge is 0.361 e. The Morgan fingerprint density at radius 3 is 2.20 bits per heavy atom. The molecule has 5 nitrogen and oxygen atoms in total. The van der Waals surface area contributed by atoms with Crippen LogP contribution in [0.15, 0.2) is 115 Å². The van der Waals surface area contributed by atoms with E-state index in [0.29, 0.717) is 18.9 Å². The number of hydrogen-bond donors (Lipinski definition) is 2. The molecule has 1 unspecified atom stereocenters. The van der Waals surface area contributed by atoms with Crippen LogP contribution in [-0.4, -0.2) is 34.9 Å². The van der Waals surface area contributed by atoms with Gasteiger partial charge in [-0.25, -0.2) is 0 Å². The molecule has 5 heteroatoms. The maximum atomic E-state index is 13.9. The average Bonchev–Trinajstić information content (AvgIpc) is 3.40. The Bertz CT molecular complexity index is 1520. The van der Waals surface area contributed by atoms with Gasteiger partial charge in [0.05, 0.1) is 6.04 Å². The molecule has 40 heavy (non-hydrogen) atoms. The zero-order chi connectivity index (χ0) is 27.3. The van der Waals surface area contributed by atoms with Crippen LogP contribution in [0.5, 0.6) is 0 Å². The van der Waals surface area contributed by atoms with Crippen molar-refractivity contribution in [3.05, 3.63) is 138 Å². The highest BCUT2D eigenvalue weighted by atomic mass is 16.2. The van der Waals surface area contributed by atoms with Crippen molar-refractivity contribution in [3.63, 3.8) is 0 Å². The number of rotatable bonds is 9. The third-order valence-corrected chi connectivity index (χ3v) is 7.94. The first-order chi connectivity index (χ1) is 19.6. The van der Waals surface area contributed by atoms with E-state index in [1.165, 1.54) is 16.7 Å². The van der Waals surface area contributed by atoms with Gasteiger partial charge in [0.15, 0.2) is 0 Å². The summed E-state index contributed by atoms with van der Waals surface area (Å²) < 4.78 is 0. The van der Waals surface area contributed by atoms with Gasteiger partial charge in [0.25, 0.3) is 0 Å². The minimum atomic E-state index is -0.615. The lowest BCUT2D eigenvalue weighted by Gasteiger charge is -2.38. The molecule has 1 amide bonds. The van der Waals surface area contributed by atoms with Crippen LogP contribution in [0.4, 0.5) is 5.69 Å². The van der Waals surface area contributed by atoms with Crippen LogP contribution in [0.2, 0.25) is 0 Å². The van der Waals surface area contributed by atoms with Crippen molar-refractivity contribution in [1.82, 2.24) is 9.88 Å². The molecule has 0 bridgehead atoms. The first-order valence-electron chi connectivity index (χ1n) is 14.1. The summed E-state index contributed by atoms with van der Waals surface area (Å²) in [6, 6.07) is 37.1. The van der Waals surface area contributed by atoms with Crippen LogP contribution in [-0.2, 0) is 30.7 Å². The van der Waals surface area contributed by atoms with Gasteiger partial charge < -0.3 is 15.6 Å². The molecule has 6 rings (SSSR count). The van der Waals surface area contributed by atoms with Crippen molar-refractivity contribution in [3.8, 4) is 0 Å². The van der Waals surface area contributed by atoms with E-state index in [-0.39, 0.29) is 5.91 Å². The van der Waals surface area contributed by atoms with Crippen molar-refractivity contribution in [1.29, 1.82) is 0 Å². The number of aromatic amines is 1. The molecule has 0 aliphatic carbocycles. The molecule has 1 aliphatic rings. The second-order valence-corrected chi connectivity index (χ2v) is 11.0. The highest BCUT2D eigenvalue weighted by Crippen LogP contribution is 2.31. The van der Waals surface area contributed by atoms with Crippen molar-refractivity contribution in [2.24, 2.45) is 11.7 Å². The minimum Gasteiger partial charge on any atom is -0.361 e. The zero-order valence-corrected chi connectivity index (χ0v) is 22.7. The summed E-state index contributed by atoms with van der Waals surface area (Å²) in [4.78, 5) is 21.7. The first kappa shape index (κ1) is 26.1. The molecule has 0 saturated carbocycles. The zero-order valence-electron chi connectivity index (χ0n) is 22.7. The molecule has 0 spiro atoms. The van der Waals surface area contributed by atoms with Crippen LogP contribution in [0, 0.1) is 5.92 Å². The fraction of sp³-hybridized carbons (Fsp3) is 0.229. The smallest absolute Gasteiger partial charge is 0.244 e. The standard InChI is InChI=1S/C35H36N4O/c36-32(20-30-21-37-33-17-9-8-16-31(30)33)35(40)39-25-28(19-29-15-7-10-18-34(29)39)24-38(22-26-11-3-1-4-12-26)23-27-13-5-2-6-14-27/h1-18,21,28,32,37H,19-20,22-25,36H2/t28?,32-/m1/s1. The van der Waals surface area contributed by atoms with Crippen molar-refractivity contribution >= 4 is 22.5 Å². The van der Waals surface area contributed by atoms with Gasteiger partial charge in [-0.05, 0) is 53.1 Å². The Balaban J connectivity index is 1.22. The second-order valence-electron chi connectivity index (χ2n) is 11.0. The molecule has 202 valence electrons. The SMILES string of the molecule is N[C@H](Cc1c[nH]c2ccccc12)C(=O)N1CC(CN(Cc2ccccc2)Cc2ccccc2)Cc2ccccc21. The second kappa shape index (κ2) is 11.9. The average molecular weight is 529 g/mol. The van der Waals surface area contributed by atoms with E-state index in [2.05, 4.69) is 94.8 Å². The third kappa shape index (κ3) is 5.86. The number of nitrogens with two attached hydrogens (primary N) is 1. The molecular weight excluding hydrogens is 492 g/mol. The molecule has 2 heterocycles. The monoisotopic (exact) mass is 528 g/mol. The van der Waals surface area contributed by atoms with Gasteiger partial charge in [-0.1, -0.05) is 97.1 Å². The Morgan fingerprint density at radius 2 is 1.48 bits per heavy atom. The molecule has 0 saturated heterocycles. The summed E-state index contributed by atoms with van der Waals surface area (Å²) in [5.41, 5.74) is 13.6. The molecule has 0 fully saturated rings. The number of carbonyl (C=O) groups is 1. The molecule has 1 aliphatic heterocycles. The van der Waals surface area contributed by atoms with E-state index in [1.807, 2.05) is 35.4 Å². The predicted molar refractivity (Wildman–Crippen MR) is 163 cm³/mol. The van der Waals surface area contributed by atoms with E-state index in [1.54, 1.807) is 0 Å². The van der Waals surface area contributed by atoms with Crippen molar-refractivity contribution < 1.29 is 4.79 Å². The maximum Gasteiger partial charge on any atom is 0.244 e. The van der Waals surface area contributed by atoms with Crippen molar-refractivity contribution in [2.45, 2.75) is 32.0 Å². The minimum absolute atomic E-state index is 0.0138. The number of nitrogens with zero attached hydrogens (tertiary/aromatic N) is 2. The molecule has 5 aromatic rings. The fourth-order valence-corrected chi connectivity index (χ4v) is 6.07. The summed E-state index contributed by atoms with van der Waals surface area (Å²) in [5.74, 6) is 0.284. The summed E-state index contributed by atoms with van der Waals surface area (Å²) in [6.45, 7) is 3.28. The predicted octanol–water partition coefficient (Wildman–Crippen LogP) is 5.95. The number of amides is 1. The Labute approximate surface area is 236 Å². The lowest BCUT2D eigenvalue weighted by Crippen LogP contribution is -2.50. The Kier molecular flexibility index (Phi) is 7.76. The van der Waals surface area contributed by atoms with Gasteiger partial charge in [-0.2, -0.15) is 0 Å². The third-order valence-electron chi connectivity index (χ3n) is 7.94. The van der Waals surface area contributed by atoms with Crippen LogP contribution >= 0.6 is 0 Å². The number of fused-ring (bicyclic) bond motifs is 2. The van der Waals surface area contributed by atoms with Crippen LogP contribution < -0.4 is 10.6 Å². The number of benzene rings is 4. The highest BCUT2D eigenvalue weighted by molar-refractivity contribution is 5.98. The van der Waals surface area contributed by atoms with Gasteiger partial charge in [-0.15, -0.1) is 0 Å². The summed E-state index contributed by atoms with van der Waals surface area (Å²) in [6.07, 6.45) is 3.42. The van der Waals surface area contributed by atoms with Crippen molar-refractivity contribution in [2.75, 3.05) is 18.0 Å². The maximum absolute atomic E-state index is 13.9. The van der Waals surface area contributed by atoms with Gasteiger partial charge in [0.1, 0.15) is 0 Å². The van der Waals surface area contributed by atoms with E-state index in [4.69, 9.17) is 5.73 Å². The molecule has 1 aromatic heterocycles. The molecule has 3 N–H and O–H groups in total. The van der Waals surface area contributed by atoms with Crippen LogP contribution in [0.3, 0.4) is 0 Å². The number of hydrogen-bond acceptors (Lipinski definition) is 3. The van der Waals surface area contributed by atoms with E-state index >= 15 is 0 Å². The van der Waals surface area contributed by atoms with Gasteiger partial charge >= 0.3 is 0 Å². The van der Waals surface area contributed by atoms with Gasteiger partial charge in [0, 0.05) is 49.0 Å².